The summed E-state index contributed by atoms with van der Waals surface area (Å²) in [4.78, 5) is 0. The summed E-state index contributed by atoms with van der Waals surface area (Å²) in [5.74, 6) is 0. The van der Waals surface area contributed by atoms with Crippen LogP contribution in [0.15, 0.2) is 0 Å². The molecular weight excluding hydrogens is 187 g/mol. The van der Waals surface area contributed by atoms with Crippen molar-refractivity contribution in [2.45, 2.75) is 0 Å². The second kappa shape index (κ2) is 11.8. The van der Waals surface area contributed by atoms with Gasteiger partial charge in [-0.05, 0) is 0 Å². The molecule has 0 fully saturated rings. The summed E-state index contributed by atoms with van der Waals surface area (Å²) < 4.78 is 31.6. The predicted molar refractivity (Wildman–Crippen MR) is 33.8 cm³/mol. The molecule has 4 N–H and O–H groups in total. The van der Waals surface area contributed by atoms with Gasteiger partial charge in [0.25, 0.3) is 0 Å². The summed E-state index contributed by atoms with van der Waals surface area (Å²) in [6.45, 7) is 0. The Balaban J connectivity index is -0.0000000286. The van der Waals surface area contributed by atoms with Crippen LogP contribution in [0.1, 0.15) is 0 Å². The topological polar surface area (TPSA) is 115 Å². The van der Waals surface area contributed by atoms with E-state index in [1.54, 1.807) is 0 Å². The maximum atomic E-state index is 8.74. The molecule has 0 aromatic carbocycles. The molecule has 0 spiro atoms. The summed E-state index contributed by atoms with van der Waals surface area (Å²) >= 11 is 0. The van der Waals surface area contributed by atoms with Gasteiger partial charge >= 0.3 is 40.0 Å². The first-order valence-electron chi connectivity index (χ1n) is 0.898. The van der Waals surface area contributed by atoms with Crippen LogP contribution in [-0.4, -0.2) is 57.6 Å². The first kappa shape index (κ1) is 22.5. The molecule has 0 saturated heterocycles. The van der Waals surface area contributed by atoms with Gasteiger partial charge in [0.15, 0.2) is 0 Å². The SMILES string of the molecule is Cl.O=S(=O)(O)O.OO.[NaH]. The molecule has 0 rings (SSSR count). The van der Waals surface area contributed by atoms with Crippen molar-refractivity contribution in [3.05, 3.63) is 0 Å². The summed E-state index contributed by atoms with van der Waals surface area (Å²) in [5, 5.41) is 12.0. The summed E-state index contributed by atoms with van der Waals surface area (Å²) in [5.41, 5.74) is 0. The van der Waals surface area contributed by atoms with Gasteiger partial charge in [-0.3, -0.25) is 19.6 Å². The van der Waals surface area contributed by atoms with E-state index < -0.39 is 10.4 Å². The Morgan fingerprint density at radius 3 is 1.00 bits per heavy atom. The van der Waals surface area contributed by atoms with Gasteiger partial charge in [0.05, 0.1) is 0 Å². The zero-order valence-corrected chi connectivity index (χ0v) is 5.05. The quantitative estimate of drug-likeness (QED) is 0.172. The molecule has 0 heterocycles. The van der Waals surface area contributed by atoms with Crippen LogP contribution in [0.3, 0.4) is 0 Å². The molecule has 0 unspecified atom stereocenters. The Labute approximate surface area is 80.1 Å². The van der Waals surface area contributed by atoms with Crippen molar-refractivity contribution < 1.29 is 28.0 Å². The van der Waals surface area contributed by atoms with E-state index in [1.165, 1.54) is 0 Å². The van der Waals surface area contributed by atoms with E-state index >= 15 is 0 Å². The molecule has 56 valence electrons. The van der Waals surface area contributed by atoms with E-state index in [-0.39, 0.29) is 42.0 Å². The third-order valence-corrected chi connectivity index (χ3v) is 0. The molecule has 0 aromatic heterocycles. The Bertz CT molecular complexity index is 96.2. The van der Waals surface area contributed by atoms with Crippen LogP contribution in [0.2, 0.25) is 0 Å². The third-order valence-electron chi connectivity index (χ3n) is 0. The van der Waals surface area contributed by atoms with Crippen LogP contribution >= 0.6 is 12.4 Å². The molecule has 0 aliphatic rings. The Kier molecular flexibility index (Phi) is 29.5. The van der Waals surface area contributed by atoms with Crippen LogP contribution in [0.25, 0.3) is 0 Å². The number of halogens is 1. The van der Waals surface area contributed by atoms with Crippen molar-refractivity contribution in [3.63, 3.8) is 0 Å². The molecule has 0 aliphatic carbocycles. The minimum absolute atomic E-state index is 0. The average molecular weight is 193 g/mol. The van der Waals surface area contributed by atoms with Crippen molar-refractivity contribution in [1.82, 2.24) is 0 Å². The maximum absolute atomic E-state index is 8.74. The van der Waals surface area contributed by atoms with Gasteiger partial charge in [-0.2, -0.15) is 8.42 Å². The molecule has 0 bridgehead atoms. The van der Waals surface area contributed by atoms with E-state index in [9.17, 15) is 0 Å². The van der Waals surface area contributed by atoms with Crippen molar-refractivity contribution in [2.75, 3.05) is 0 Å². The molecule has 0 saturated carbocycles. The molecule has 0 aliphatic heterocycles. The molecule has 0 amide bonds. The van der Waals surface area contributed by atoms with Crippen molar-refractivity contribution in [2.24, 2.45) is 0 Å². The molecule has 0 radical (unpaired) electrons. The van der Waals surface area contributed by atoms with E-state index in [4.69, 9.17) is 28.0 Å². The van der Waals surface area contributed by atoms with Crippen LogP contribution < -0.4 is 0 Å². The van der Waals surface area contributed by atoms with Crippen molar-refractivity contribution >= 4 is 52.4 Å². The van der Waals surface area contributed by atoms with Gasteiger partial charge in [-0.1, -0.05) is 0 Å². The van der Waals surface area contributed by atoms with E-state index in [2.05, 4.69) is 0 Å². The summed E-state index contributed by atoms with van der Waals surface area (Å²) in [6, 6.07) is 0. The monoisotopic (exact) mass is 192 g/mol. The first-order chi connectivity index (χ1) is 3.00. The summed E-state index contributed by atoms with van der Waals surface area (Å²) in [6.07, 6.45) is 0. The second-order valence-corrected chi connectivity index (χ2v) is 1.34. The standard InChI is InChI=1S/ClH.Na.H2O4S.H2O2.H/c;;1-5(2,3)4;1-2;/h1H;;(H2,1,2,3,4);1-2H;. The Morgan fingerprint density at radius 2 is 1.00 bits per heavy atom. The van der Waals surface area contributed by atoms with Crippen LogP contribution in [0, 0.1) is 0 Å². The third kappa shape index (κ3) is 390. The summed E-state index contributed by atoms with van der Waals surface area (Å²) in [7, 11) is -4.67. The van der Waals surface area contributed by atoms with E-state index in [0.29, 0.717) is 0 Å². The van der Waals surface area contributed by atoms with Crippen LogP contribution in [-0.2, 0) is 10.4 Å². The fourth-order valence-electron chi connectivity index (χ4n) is 0. The molecule has 9 heavy (non-hydrogen) atoms. The fourth-order valence-corrected chi connectivity index (χ4v) is 0. The molecule has 9 heteroatoms. The van der Waals surface area contributed by atoms with Gasteiger partial charge < -0.3 is 0 Å². The van der Waals surface area contributed by atoms with Crippen LogP contribution in [0.5, 0.6) is 0 Å². The van der Waals surface area contributed by atoms with Crippen LogP contribution in [0.4, 0.5) is 0 Å². The second-order valence-electron chi connectivity index (χ2n) is 0.448. The number of hydrogen-bond donors (Lipinski definition) is 4. The average Bonchev–Trinajstić information content (AvgIpc) is 1.36. The van der Waals surface area contributed by atoms with E-state index in [0.717, 1.165) is 0 Å². The Morgan fingerprint density at radius 1 is 1.00 bits per heavy atom. The first-order valence-corrected chi connectivity index (χ1v) is 2.30. The van der Waals surface area contributed by atoms with Gasteiger partial charge in [0, 0.05) is 0 Å². The number of hydrogen-bond acceptors (Lipinski definition) is 4. The van der Waals surface area contributed by atoms with Crippen molar-refractivity contribution in [3.8, 4) is 0 Å². The zero-order chi connectivity index (χ0) is 6.50. The molecular formula is H6ClNaO6S. The molecule has 0 aromatic rings. The van der Waals surface area contributed by atoms with Gasteiger partial charge in [0.1, 0.15) is 0 Å². The van der Waals surface area contributed by atoms with Gasteiger partial charge in [-0.15, -0.1) is 12.4 Å². The normalized spacial score (nSPS) is 7.11. The number of rotatable bonds is 0. The zero-order valence-electron chi connectivity index (χ0n) is 3.42. The van der Waals surface area contributed by atoms with E-state index in [1.807, 2.05) is 0 Å². The van der Waals surface area contributed by atoms with Gasteiger partial charge in [0.2, 0.25) is 0 Å². The molecule has 6 nitrogen and oxygen atoms in total. The minimum atomic E-state index is -4.67. The predicted octanol–water partition coefficient (Wildman–Crippen LogP) is -0.862. The fraction of sp³-hybridized carbons (Fsp3) is 0. The van der Waals surface area contributed by atoms with Gasteiger partial charge in [-0.25, -0.2) is 0 Å². The Hall–Kier alpha value is 1.08. The molecule has 0 atom stereocenters. The van der Waals surface area contributed by atoms with Crippen molar-refractivity contribution in [1.29, 1.82) is 0 Å².